The fraction of sp³-hybridized carbons (Fsp3) is 0.889. The van der Waals surface area contributed by atoms with E-state index in [1.54, 1.807) is 0 Å². The molecule has 0 radical (unpaired) electrons. The second-order valence-electron chi connectivity index (χ2n) is 6.68. The third-order valence-electron chi connectivity index (χ3n) is 5.41. The smallest absolute Gasteiger partial charge is 0.0104 e. The highest BCUT2D eigenvalue weighted by molar-refractivity contribution is 4.91. The Balaban J connectivity index is 1.87. The molecule has 0 bridgehead atoms. The lowest BCUT2D eigenvalue weighted by molar-refractivity contribution is 0.107. The van der Waals surface area contributed by atoms with Crippen LogP contribution >= 0.6 is 0 Å². The Bertz CT molecular complexity index is 291. The van der Waals surface area contributed by atoms with Gasteiger partial charge in [-0.25, -0.2) is 0 Å². The van der Waals surface area contributed by atoms with Crippen LogP contribution in [0.1, 0.15) is 71.1 Å². The zero-order chi connectivity index (χ0) is 13.5. The molecule has 4 atom stereocenters. The van der Waals surface area contributed by atoms with E-state index in [1.807, 2.05) is 0 Å². The first kappa shape index (κ1) is 14.9. The van der Waals surface area contributed by atoms with Crippen LogP contribution in [0.3, 0.4) is 0 Å². The second kappa shape index (κ2) is 7.95. The fourth-order valence-corrected chi connectivity index (χ4v) is 4.35. The van der Waals surface area contributed by atoms with E-state index < -0.39 is 0 Å². The minimum absolute atomic E-state index is 0.680. The third-order valence-corrected chi connectivity index (χ3v) is 5.41. The molecular weight excluding hydrogens is 230 g/mol. The first-order valence-corrected chi connectivity index (χ1v) is 8.52. The van der Waals surface area contributed by atoms with E-state index in [0.717, 1.165) is 30.7 Å². The van der Waals surface area contributed by atoms with Crippen LogP contribution in [0.15, 0.2) is 0 Å². The SMILES string of the molecule is C#CCCC(NCCC)C1CCC2CCCCC2C1. The molecular formula is C18H31N. The second-order valence-corrected chi connectivity index (χ2v) is 6.68. The number of nitrogens with one attached hydrogen (secondary N) is 1. The van der Waals surface area contributed by atoms with Gasteiger partial charge >= 0.3 is 0 Å². The Labute approximate surface area is 119 Å². The lowest BCUT2D eigenvalue weighted by Crippen LogP contribution is -2.41. The molecule has 0 aliphatic heterocycles. The number of terminal acetylenes is 1. The number of hydrogen-bond acceptors (Lipinski definition) is 1. The summed E-state index contributed by atoms with van der Waals surface area (Å²) < 4.78 is 0. The molecule has 2 saturated carbocycles. The topological polar surface area (TPSA) is 12.0 Å². The van der Waals surface area contributed by atoms with E-state index >= 15 is 0 Å². The van der Waals surface area contributed by atoms with Crippen molar-refractivity contribution in [3.8, 4) is 12.3 Å². The molecule has 2 aliphatic carbocycles. The third kappa shape index (κ3) is 4.25. The van der Waals surface area contributed by atoms with Crippen LogP contribution in [0.4, 0.5) is 0 Å². The molecule has 0 saturated heterocycles. The number of rotatable bonds is 6. The van der Waals surface area contributed by atoms with Gasteiger partial charge in [0.05, 0.1) is 0 Å². The summed E-state index contributed by atoms with van der Waals surface area (Å²) in [6.07, 6.45) is 19.2. The quantitative estimate of drug-likeness (QED) is 0.700. The first-order chi connectivity index (χ1) is 9.35. The van der Waals surface area contributed by atoms with Gasteiger partial charge in [0.2, 0.25) is 0 Å². The van der Waals surface area contributed by atoms with Crippen molar-refractivity contribution in [1.82, 2.24) is 5.32 Å². The van der Waals surface area contributed by atoms with E-state index in [0.29, 0.717) is 6.04 Å². The lowest BCUT2D eigenvalue weighted by Gasteiger charge is -2.42. The molecule has 1 N–H and O–H groups in total. The van der Waals surface area contributed by atoms with Crippen LogP contribution in [0.2, 0.25) is 0 Å². The van der Waals surface area contributed by atoms with Crippen LogP contribution in [-0.4, -0.2) is 12.6 Å². The highest BCUT2D eigenvalue weighted by Crippen LogP contribution is 2.43. The van der Waals surface area contributed by atoms with Crippen molar-refractivity contribution >= 4 is 0 Å². The normalized spacial score (nSPS) is 32.3. The summed E-state index contributed by atoms with van der Waals surface area (Å²) in [4.78, 5) is 0. The summed E-state index contributed by atoms with van der Waals surface area (Å²) in [6, 6.07) is 0.680. The summed E-state index contributed by atoms with van der Waals surface area (Å²) in [5.74, 6) is 5.81. The number of fused-ring (bicyclic) bond motifs is 1. The zero-order valence-corrected chi connectivity index (χ0v) is 12.7. The number of hydrogen-bond donors (Lipinski definition) is 1. The Hall–Kier alpha value is -0.480. The predicted molar refractivity (Wildman–Crippen MR) is 82.9 cm³/mol. The molecule has 0 aromatic carbocycles. The standard InChI is InChI=1S/C18H31N/c1-3-5-10-18(19-13-4-2)17-12-11-15-8-6-7-9-16(15)14-17/h1,15-19H,4-14H2,2H3. The van der Waals surface area contributed by atoms with Gasteiger partial charge in [-0.05, 0) is 56.4 Å². The minimum atomic E-state index is 0.680. The van der Waals surface area contributed by atoms with Crippen molar-refractivity contribution in [2.24, 2.45) is 17.8 Å². The van der Waals surface area contributed by atoms with Gasteiger partial charge in [-0.3, -0.25) is 0 Å². The average Bonchev–Trinajstić information content (AvgIpc) is 2.47. The van der Waals surface area contributed by atoms with Gasteiger partial charge in [-0.15, -0.1) is 12.3 Å². The molecule has 0 heterocycles. The Morgan fingerprint density at radius 3 is 2.68 bits per heavy atom. The van der Waals surface area contributed by atoms with Gasteiger partial charge in [0, 0.05) is 12.5 Å². The maximum Gasteiger partial charge on any atom is 0.0104 e. The minimum Gasteiger partial charge on any atom is -0.314 e. The molecule has 0 amide bonds. The van der Waals surface area contributed by atoms with E-state index in [1.165, 1.54) is 57.8 Å². The van der Waals surface area contributed by atoms with Gasteiger partial charge in [0.1, 0.15) is 0 Å². The zero-order valence-electron chi connectivity index (χ0n) is 12.7. The molecule has 0 aromatic heterocycles. The van der Waals surface area contributed by atoms with Gasteiger partial charge in [-0.2, -0.15) is 0 Å². The Morgan fingerprint density at radius 1 is 1.16 bits per heavy atom. The van der Waals surface area contributed by atoms with Crippen molar-refractivity contribution in [3.05, 3.63) is 0 Å². The molecule has 2 rings (SSSR count). The Morgan fingerprint density at radius 2 is 1.95 bits per heavy atom. The highest BCUT2D eigenvalue weighted by atomic mass is 14.9. The van der Waals surface area contributed by atoms with Crippen LogP contribution < -0.4 is 5.32 Å². The summed E-state index contributed by atoms with van der Waals surface area (Å²) in [7, 11) is 0. The van der Waals surface area contributed by atoms with Crippen molar-refractivity contribution in [1.29, 1.82) is 0 Å². The van der Waals surface area contributed by atoms with Crippen LogP contribution in [0.25, 0.3) is 0 Å². The molecule has 4 unspecified atom stereocenters. The maximum atomic E-state index is 5.46. The van der Waals surface area contributed by atoms with E-state index in [4.69, 9.17) is 6.42 Å². The maximum absolute atomic E-state index is 5.46. The van der Waals surface area contributed by atoms with Crippen molar-refractivity contribution < 1.29 is 0 Å². The molecule has 1 nitrogen and oxygen atoms in total. The summed E-state index contributed by atoms with van der Waals surface area (Å²) in [5.41, 5.74) is 0. The fourth-order valence-electron chi connectivity index (χ4n) is 4.35. The summed E-state index contributed by atoms with van der Waals surface area (Å²) in [6.45, 7) is 3.41. The van der Waals surface area contributed by atoms with Gasteiger partial charge in [0.25, 0.3) is 0 Å². The largest absolute Gasteiger partial charge is 0.314 e. The van der Waals surface area contributed by atoms with E-state index in [-0.39, 0.29) is 0 Å². The molecule has 0 spiro atoms. The average molecular weight is 261 g/mol. The highest BCUT2D eigenvalue weighted by Gasteiger charge is 2.34. The predicted octanol–water partition coefficient (Wildman–Crippen LogP) is 4.37. The monoisotopic (exact) mass is 261 g/mol. The van der Waals surface area contributed by atoms with Crippen LogP contribution in [-0.2, 0) is 0 Å². The molecule has 2 aliphatic rings. The molecule has 19 heavy (non-hydrogen) atoms. The lowest BCUT2D eigenvalue weighted by atomic mass is 9.66. The van der Waals surface area contributed by atoms with Crippen LogP contribution in [0.5, 0.6) is 0 Å². The molecule has 1 heteroatoms. The molecule has 2 fully saturated rings. The first-order valence-electron chi connectivity index (χ1n) is 8.52. The van der Waals surface area contributed by atoms with Crippen molar-refractivity contribution in [3.63, 3.8) is 0 Å². The molecule has 108 valence electrons. The Kier molecular flexibility index (Phi) is 6.24. The molecule has 0 aromatic rings. The summed E-state index contributed by atoms with van der Waals surface area (Å²) in [5, 5.41) is 3.77. The van der Waals surface area contributed by atoms with Crippen molar-refractivity contribution in [2.45, 2.75) is 77.2 Å². The van der Waals surface area contributed by atoms with Gasteiger partial charge < -0.3 is 5.32 Å². The van der Waals surface area contributed by atoms with Crippen molar-refractivity contribution in [2.75, 3.05) is 6.54 Å². The van der Waals surface area contributed by atoms with E-state index in [9.17, 15) is 0 Å². The van der Waals surface area contributed by atoms with Gasteiger partial charge in [0.15, 0.2) is 0 Å². The summed E-state index contributed by atoms with van der Waals surface area (Å²) >= 11 is 0. The van der Waals surface area contributed by atoms with Gasteiger partial charge in [-0.1, -0.05) is 32.6 Å². The van der Waals surface area contributed by atoms with E-state index in [2.05, 4.69) is 18.2 Å². The van der Waals surface area contributed by atoms with Crippen LogP contribution in [0, 0.1) is 30.1 Å².